The van der Waals surface area contributed by atoms with Crippen LogP contribution < -0.4 is 4.74 Å². The van der Waals surface area contributed by atoms with Crippen LogP contribution in [-0.2, 0) is 20.5 Å². The number of fused-ring (bicyclic) bond motifs is 1. The van der Waals surface area contributed by atoms with Crippen molar-refractivity contribution in [3.63, 3.8) is 0 Å². The van der Waals surface area contributed by atoms with Crippen LogP contribution in [0.4, 0.5) is 13.2 Å². The first kappa shape index (κ1) is 19.2. The van der Waals surface area contributed by atoms with Gasteiger partial charge in [0.2, 0.25) is 0 Å². The molecule has 1 saturated carbocycles. The van der Waals surface area contributed by atoms with E-state index in [4.69, 9.17) is 9.47 Å². The summed E-state index contributed by atoms with van der Waals surface area (Å²) < 4.78 is 48.5. The molecule has 1 aromatic rings. The topological polar surface area (TPSA) is 52.6 Å². The van der Waals surface area contributed by atoms with Crippen LogP contribution in [0, 0.1) is 17.8 Å². The van der Waals surface area contributed by atoms with Gasteiger partial charge in [0.1, 0.15) is 11.9 Å². The quantitative estimate of drug-likeness (QED) is 0.426. The van der Waals surface area contributed by atoms with Gasteiger partial charge in [-0.05, 0) is 42.5 Å². The van der Waals surface area contributed by atoms with E-state index in [-0.39, 0.29) is 48.0 Å². The van der Waals surface area contributed by atoms with Gasteiger partial charge in [-0.2, -0.15) is 13.2 Å². The first-order valence-corrected chi connectivity index (χ1v) is 8.61. The minimum atomic E-state index is -4.47. The molecule has 1 aliphatic heterocycles. The fourth-order valence-corrected chi connectivity index (χ4v) is 3.70. The summed E-state index contributed by atoms with van der Waals surface area (Å²) in [6, 6.07) is 4.38. The fourth-order valence-electron chi connectivity index (χ4n) is 3.70. The Bertz CT molecular complexity index is 769. The SMILES string of the molecule is C=CC1C[C@@H]2OC(=O)C[C@@H]2[C@@H]1/C=C/C(=O)COc1cccc(C(F)(F)F)c1. The molecule has 1 heterocycles. The number of ether oxygens (including phenoxy) is 2. The molecule has 2 aliphatic rings. The Kier molecular flexibility index (Phi) is 5.39. The zero-order valence-electron chi connectivity index (χ0n) is 14.4. The maximum Gasteiger partial charge on any atom is 0.416 e. The fraction of sp³-hybridized carbons (Fsp3) is 0.400. The number of alkyl halides is 3. The van der Waals surface area contributed by atoms with Gasteiger partial charge in [-0.1, -0.05) is 18.2 Å². The standard InChI is InChI=1S/C20H19F3O4/c1-2-12-8-18-17(10-19(25)27-18)16(12)7-6-14(24)11-26-15-5-3-4-13(9-15)20(21,22)23/h2-7,9,12,16-18H,1,8,10-11H2/b7-6+/t12?,16-,17-,18+/m1/s1. The number of esters is 1. The van der Waals surface area contributed by atoms with E-state index in [9.17, 15) is 22.8 Å². The highest BCUT2D eigenvalue weighted by Gasteiger charge is 2.47. The molecule has 144 valence electrons. The van der Waals surface area contributed by atoms with Crippen molar-refractivity contribution >= 4 is 11.8 Å². The summed E-state index contributed by atoms with van der Waals surface area (Å²) in [5, 5.41) is 0. The van der Waals surface area contributed by atoms with E-state index in [1.165, 1.54) is 18.2 Å². The molecule has 1 unspecified atom stereocenters. The summed E-state index contributed by atoms with van der Waals surface area (Å²) in [5.74, 6) is -0.521. The van der Waals surface area contributed by atoms with Crippen molar-refractivity contribution in [3.05, 3.63) is 54.6 Å². The molecule has 27 heavy (non-hydrogen) atoms. The third-order valence-electron chi connectivity index (χ3n) is 5.01. The number of rotatable bonds is 6. The van der Waals surface area contributed by atoms with Crippen LogP contribution in [0.1, 0.15) is 18.4 Å². The Balaban J connectivity index is 1.59. The van der Waals surface area contributed by atoms with E-state index in [0.717, 1.165) is 12.1 Å². The summed E-state index contributed by atoms with van der Waals surface area (Å²) in [6.45, 7) is 3.43. The zero-order valence-corrected chi connectivity index (χ0v) is 14.4. The van der Waals surface area contributed by atoms with Gasteiger partial charge in [0.15, 0.2) is 12.4 Å². The van der Waals surface area contributed by atoms with Gasteiger partial charge >= 0.3 is 12.1 Å². The molecular formula is C20H19F3O4. The molecule has 1 aromatic carbocycles. The molecular weight excluding hydrogens is 361 g/mol. The monoisotopic (exact) mass is 380 g/mol. The van der Waals surface area contributed by atoms with E-state index in [0.29, 0.717) is 12.8 Å². The average Bonchev–Trinajstić information content (AvgIpc) is 3.13. The van der Waals surface area contributed by atoms with Gasteiger partial charge < -0.3 is 9.47 Å². The van der Waals surface area contributed by atoms with E-state index in [2.05, 4.69) is 6.58 Å². The highest BCUT2D eigenvalue weighted by molar-refractivity contribution is 5.91. The Hall–Kier alpha value is -2.57. The number of benzene rings is 1. The third-order valence-corrected chi connectivity index (χ3v) is 5.01. The molecule has 2 fully saturated rings. The molecule has 0 radical (unpaired) electrons. The first-order valence-electron chi connectivity index (χ1n) is 8.61. The van der Waals surface area contributed by atoms with Gasteiger partial charge in [0.25, 0.3) is 0 Å². The van der Waals surface area contributed by atoms with Crippen LogP contribution in [-0.4, -0.2) is 24.5 Å². The van der Waals surface area contributed by atoms with Crippen LogP contribution in [0.15, 0.2) is 49.1 Å². The lowest BCUT2D eigenvalue weighted by Gasteiger charge is -2.15. The van der Waals surface area contributed by atoms with Crippen molar-refractivity contribution < 1.29 is 32.2 Å². The van der Waals surface area contributed by atoms with Crippen molar-refractivity contribution in [2.45, 2.75) is 25.1 Å². The molecule has 0 aromatic heterocycles. The van der Waals surface area contributed by atoms with Gasteiger partial charge in [0, 0.05) is 5.92 Å². The van der Waals surface area contributed by atoms with Gasteiger partial charge in [-0.15, -0.1) is 6.58 Å². The molecule has 4 nitrogen and oxygen atoms in total. The lowest BCUT2D eigenvalue weighted by molar-refractivity contribution is -0.141. The minimum Gasteiger partial charge on any atom is -0.485 e. The Morgan fingerprint density at radius 3 is 2.85 bits per heavy atom. The smallest absolute Gasteiger partial charge is 0.416 e. The van der Waals surface area contributed by atoms with Crippen LogP contribution in [0.3, 0.4) is 0 Å². The largest absolute Gasteiger partial charge is 0.485 e. The van der Waals surface area contributed by atoms with Crippen molar-refractivity contribution in [2.75, 3.05) is 6.61 Å². The average molecular weight is 380 g/mol. The number of ketones is 1. The number of halogens is 3. The van der Waals surface area contributed by atoms with E-state index >= 15 is 0 Å². The number of carbonyl (C=O) groups excluding carboxylic acids is 2. The molecule has 3 rings (SSSR count). The third kappa shape index (κ3) is 4.40. The second kappa shape index (κ2) is 7.58. The highest BCUT2D eigenvalue weighted by atomic mass is 19.4. The second-order valence-electron chi connectivity index (χ2n) is 6.75. The number of hydrogen-bond donors (Lipinski definition) is 0. The predicted octanol–water partition coefficient (Wildman–Crippen LogP) is 3.96. The van der Waals surface area contributed by atoms with E-state index < -0.39 is 11.7 Å². The van der Waals surface area contributed by atoms with Crippen molar-refractivity contribution in [1.82, 2.24) is 0 Å². The van der Waals surface area contributed by atoms with Crippen LogP contribution >= 0.6 is 0 Å². The number of hydrogen-bond acceptors (Lipinski definition) is 4. The van der Waals surface area contributed by atoms with Crippen molar-refractivity contribution in [1.29, 1.82) is 0 Å². The molecule has 7 heteroatoms. The molecule has 0 spiro atoms. The highest BCUT2D eigenvalue weighted by Crippen LogP contribution is 2.46. The Labute approximate surface area is 154 Å². The van der Waals surface area contributed by atoms with Gasteiger partial charge in [-0.3, -0.25) is 9.59 Å². The normalized spacial score (nSPS) is 27.4. The van der Waals surface area contributed by atoms with E-state index in [1.54, 1.807) is 12.2 Å². The molecule has 4 atom stereocenters. The van der Waals surface area contributed by atoms with Gasteiger partial charge in [-0.25, -0.2) is 0 Å². The van der Waals surface area contributed by atoms with Crippen molar-refractivity contribution in [3.8, 4) is 5.75 Å². The Morgan fingerprint density at radius 2 is 2.15 bits per heavy atom. The number of carbonyl (C=O) groups is 2. The van der Waals surface area contributed by atoms with Crippen molar-refractivity contribution in [2.24, 2.45) is 17.8 Å². The van der Waals surface area contributed by atoms with Gasteiger partial charge in [0.05, 0.1) is 12.0 Å². The summed E-state index contributed by atoms with van der Waals surface area (Å²) in [6.07, 6.45) is 1.28. The summed E-state index contributed by atoms with van der Waals surface area (Å²) in [5.41, 5.74) is -0.834. The number of allylic oxidation sites excluding steroid dienone is 2. The predicted molar refractivity (Wildman–Crippen MR) is 90.9 cm³/mol. The summed E-state index contributed by atoms with van der Waals surface area (Å²) >= 11 is 0. The Morgan fingerprint density at radius 1 is 1.37 bits per heavy atom. The van der Waals surface area contributed by atoms with Crippen LogP contribution in [0.5, 0.6) is 5.75 Å². The maximum atomic E-state index is 12.7. The zero-order chi connectivity index (χ0) is 19.6. The lowest BCUT2D eigenvalue weighted by atomic mass is 9.87. The maximum absolute atomic E-state index is 12.7. The molecule has 1 saturated heterocycles. The summed E-state index contributed by atoms with van der Waals surface area (Å²) in [4.78, 5) is 23.5. The molecule has 0 N–H and O–H groups in total. The molecule has 0 amide bonds. The minimum absolute atomic E-state index is 0.0220. The van der Waals surface area contributed by atoms with Crippen LogP contribution in [0.2, 0.25) is 0 Å². The summed E-state index contributed by atoms with van der Waals surface area (Å²) in [7, 11) is 0. The second-order valence-corrected chi connectivity index (χ2v) is 6.75. The lowest BCUT2D eigenvalue weighted by Crippen LogP contribution is -2.15. The van der Waals surface area contributed by atoms with E-state index in [1.807, 2.05) is 0 Å². The molecule has 0 bridgehead atoms. The molecule has 1 aliphatic carbocycles. The first-order chi connectivity index (χ1) is 12.8. The van der Waals surface area contributed by atoms with Crippen LogP contribution in [0.25, 0.3) is 0 Å².